The summed E-state index contributed by atoms with van der Waals surface area (Å²) in [6.07, 6.45) is -0.0738. The highest BCUT2D eigenvalue weighted by atomic mass is 16.5. The summed E-state index contributed by atoms with van der Waals surface area (Å²) in [6.45, 7) is 7.60. The number of amides is 6. The molecule has 9 N–H and O–H groups in total. The Balaban J connectivity index is 1.66. The Morgan fingerprint density at radius 1 is 0.864 bits per heavy atom. The lowest BCUT2D eigenvalue weighted by molar-refractivity contribution is -0.157. The lowest BCUT2D eigenvalue weighted by Gasteiger charge is -2.32. The molecule has 1 heterocycles. The maximum atomic E-state index is 13.9. The normalized spacial score (nSPS) is 15.5. The van der Waals surface area contributed by atoms with Crippen molar-refractivity contribution in [3.63, 3.8) is 0 Å². The summed E-state index contributed by atoms with van der Waals surface area (Å²) in [5.74, 6) is -5.67. The van der Waals surface area contributed by atoms with Gasteiger partial charge < -0.3 is 56.9 Å². The Morgan fingerprint density at radius 3 is 2.08 bits per heavy atom. The highest BCUT2D eigenvalue weighted by Crippen LogP contribution is 2.22. The molecule has 0 saturated carbocycles. The molecule has 1 aliphatic rings. The van der Waals surface area contributed by atoms with Gasteiger partial charge >= 0.3 is 18.0 Å². The molecule has 18 heteroatoms. The van der Waals surface area contributed by atoms with E-state index in [1.54, 1.807) is 44.2 Å². The Bertz CT molecular complexity index is 1770. The number of nitrogens with one attached hydrogen (secondary N) is 6. The molecule has 2 aromatic rings. The number of rotatable bonds is 21. The van der Waals surface area contributed by atoms with Crippen LogP contribution in [0.4, 0.5) is 16.2 Å². The van der Waals surface area contributed by atoms with Crippen LogP contribution in [-0.4, -0.2) is 125 Å². The number of aliphatic hydroxyl groups excluding tert-OH is 2. The Labute approximate surface area is 344 Å². The van der Waals surface area contributed by atoms with Crippen LogP contribution in [0.15, 0.2) is 48.5 Å². The first-order valence-electron chi connectivity index (χ1n) is 19.6. The molecule has 0 radical (unpaired) electrons. The van der Waals surface area contributed by atoms with Gasteiger partial charge in [0.1, 0.15) is 30.8 Å². The molecule has 2 aromatic carbocycles. The van der Waals surface area contributed by atoms with Gasteiger partial charge in [0.25, 0.3) is 0 Å². The van der Waals surface area contributed by atoms with E-state index in [-0.39, 0.29) is 38.3 Å². The average Bonchev–Trinajstić information content (AvgIpc) is 3.68. The summed E-state index contributed by atoms with van der Waals surface area (Å²) in [5, 5.41) is 45.0. The number of para-hydroxylation sites is 1. The van der Waals surface area contributed by atoms with Crippen LogP contribution < -0.4 is 31.9 Å². The number of carbonyl (C=O) groups excluding carboxylic acids is 6. The molecule has 0 spiro atoms. The number of aliphatic hydroxyl groups is 2. The first-order valence-corrected chi connectivity index (χ1v) is 19.6. The molecule has 1 aliphatic heterocycles. The van der Waals surface area contributed by atoms with E-state index in [2.05, 4.69) is 31.9 Å². The number of nitrogens with zero attached hydrogens (tertiary/aromatic N) is 1. The molecule has 18 nitrogen and oxygen atoms in total. The second kappa shape index (κ2) is 22.5. The van der Waals surface area contributed by atoms with Crippen LogP contribution in [0.2, 0.25) is 0 Å². The number of aliphatic carboxylic acids is 1. The van der Waals surface area contributed by atoms with E-state index in [0.717, 1.165) is 5.56 Å². The lowest BCUT2D eigenvalue weighted by Crippen LogP contribution is -2.59. The van der Waals surface area contributed by atoms with Gasteiger partial charge in [0.15, 0.2) is 0 Å². The molecule has 1 saturated heterocycles. The van der Waals surface area contributed by atoms with Gasteiger partial charge in [-0.2, -0.15) is 0 Å². The van der Waals surface area contributed by atoms with Gasteiger partial charge in [0.2, 0.25) is 23.6 Å². The number of hydrogen-bond donors (Lipinski definition) is 9. The van der Waals surface area contributed by atoms with Crippen LogP contribution >= 0.6 is 0 Å². The third-order valence-electron chi connectivity index (χ3n) is 10.0. The molecule has 1 fully saturated rings. The van der Waals surface area contributed by atoms with Gasteiger partial charge in [0, 0.05) is 17.9 Å². The average molecular weight is 826 g/mol. The third kappa shape index (κ3) is 14.3. The van der Waals surface area contributed by atoms with E-state index in [1.165, 1.54) is 11.9 Å². The van der Waals surface area contributed by atoms with Gasteiger partial charge in [-0.25, -0.2) is 9.59 Å². The zero-order chi connectivity index (χ0) is 43.9. The van der Waals surface area contributed by atoms with Crippen LogP contribution in [0.25, 0.3) is 0 Å². The number of carbonyl (C=O) groups is 7. The van der Waals surface area contributed by atoms with E-state index in [0.29, 0.717) is 23.4 Å². The van der Waals surface area contributed by atoms with Crippen molar-refractivity contribution in [1.29, 1.82) is 0 Å². The highest BCUT2D eigenvalue weighted by Gasteiger charge is 2.41. The van der Waals surface area contributed by atoms with Gasteiger partial charge in [-0.05, 0) is 74.4 Å². The van der Waals surface area contributed by atoms with Crippen LogP contribution in [0.1, 0.15) is 64.5 Å². The number of hydrogen-bond acceptors (Lipinski definition) is 11. The molecule has 0 aliphatic carbocycles. The molecule has 59 heavy (non-hydrogen) atoms. The summed E-state index contributed by atoms with van der Waals surface area (Å²) in [4.78, 5) is 93.1. The number of aryl methyl sites for hydroxylation is 1. The maximum Gasteiger partial charge on any atom is 0.328 e. The quantitative estimate of drug-likeness (QED) is 0.0807. The van der Waals surface area contributed by atoms with Gasteiger partial charge in [0.05, 0.1) is 31.6 Å². The number of carboxylic acids is 1. The second-order valence-electron chi connectivity index (χ2n) is 15.6. The summed E-state index contributed by atoms with van der Waals surface area (Å²) < 4.78 is 5.38. The number of likely N-dealkylation sites (N-methyl/N-ethyl adjacent to an activating group) is 1. The molecule has 0 unspecified atom stereocenters. The summed E-state index contributed by atoms with van der Waals surface area (Å²) in [5.41, 5.74) is 1.34. The first-order chi connectivity index (χ1) is 27.9. The number of likely N-dealkylation sites (tertiary alicyclic amines) is 1. The number of carboxylic acid groups (broad SMARTS) is 1. The van der Waals surface area contributed by atoms with Gasteiger partial charge in [-0.15, -0.1) is 0 Å². The SMILES string of the molecule is CNC(CO)(CO)COC(=O)[C@@H]1CCCN1C(=O)[C@@H](NC(=O)[C@H](CC(=O)O)NC(=O)[C@H](CC(C)C)NC(=O)Cc1ccc(NC(=O)Nc2ccccc2C)cc1)C(C)C. The largest absolute Gasteiger partial charge is 0.481 e. The van der Waals surface area contributed by atoms with Crippen LogP contribution in [-0.2, 0) is 39.9 Å². The van der Waals surface area contributed by atoms with Crippen molar-refractivity contribution in [1.82, 2.24) is 26.2 Å². The lowest BCUT2D eigenvalue weighted by atomic mass is 10.00. The third-order valence-corrected chi connectivity index (χ3v) is 10.0. The van der Waals surface area contributed by atoms with E-state index >= 15 is 0 Å². The minimum atomic E-state index is -1.63. The number of urea groups is 1. The van der Waals surface area contributed by atoms with Crippen molar-refractivity contribution >= 4 is 53.0 Å². The zero-order valence-electron chi connectivity index (χ0n) is 34.5. The summed E-state index contributed by atoms with van der Waals surface area (Å²) in [7, 11) is 1.49. The molecule has 6 amide bonds. The monoisotopic (exact) mass is 825 g/mol. The number of ether oxygens (including phenoxy) is 1. The molecule has 3 rings (SSSR count). The summed E-state index contributed by atoms with van der Waals surface area (Å²) in [6, 6.07) is 8.44. The number of benzene rings is 2. The number of anilines is 2. The van der Waals surface area contributed by atoms with Crippen molar-refractivity contribution in [2.75, 3.05) is 44.0 Å². The van der Waals surface area contributed by atoms with Crippen LogP contribution in [0.3, 0.4) is 0 Å². The molecule has 0 aromatic heterocycles. The smallest absolute Gasteiger partial charge is 0.328 e. The van der Waals surface area contributed by atoms with Crippen molar-refractivity contribution in [2.45, 2.75) is 96.4 Å². The molecule has 4 atom stereocenters. The Hall–Kier alpha value is -5.59. The number of esters is 1. The van der Waals surface area contributed by atoms with Gasteiger partial charge in [-0.3, -0.25) is 24.0 Å². The standard InChI is InChI=1S/C41H59N7O11/c1-24(2)18-30(44-33(51)19-27-13-15-28(16-14-27)43-40(58)46-29-11-8-7-10-26(29)5)36(54)45-31(20-34(52)53)37(55)47-35(25(3)4)38(56)48-17-9-12-32(48)39(57)59-23-41(21-49,22-50)42-6/h7-8,10-11,13-16,24-25,30-32,35,42,49-50H,9,12,17-23H2,1-6H3,(H,44,51)(H,45,54)(H,47,55)(H,52,53)(H2,43,46,58)/t30-,31-,32-,35-/m0/s1. The Kier molecular flexibility index (Phi) is 18.2. The van der Waals surface area contributed by atoms with Crippen molar-refractivity contribution in [3.8, 4) is 0 Å². The minimum absolute atomic E-state index is 0.0982. The fourth-order valence-electron chi connectivity index (χ4n) is 6.39. The fourth-order valence-corrected chi connectivity index (χ4v) is 6.39. The predicted octanol–water partition coefficient (Wildman–Crippen LogP) is 1.29. The molecular formula is C41H59N7O11. The topological polar surface area (TPSA) is 265 Å². The van der Waals surface area contributed by atoms with E-state index in [1.807, 2.05) is 39.0 Å². The fraction of sp³-hybridized carbons (Fsp3) is 0.537. The van der Waals surface area contributed by atoms with E-state index in [9.17, 15) is 48.9 Å². The zero-order valence-corrected chi connectivity index (χ0v) is 34.5. The van der Waals surface area contributed by atoms with Gasteiger partial charge in [-0.1, -0.05) is 58.0 Å². The molecule has 0 bridgehead atoms. The highest BCUT2D eigenvalue weighted by molar-refractivity contribution is 6.00. The van der Waals surface area contributed by atoms with Crippen molar-refractivity contribution in [2.24, 2.45) is 11.8 Å². The maximum absolute atomic E-state index is 13.9. The molecular weight excluding hydrogens is 766 g/mol. The van der Waals surface area contributed by atoms with Crippen molar-refractivity contribution < 1.29 is 53.6 Å². The summed E-state index contributed by atoms with van der Waals surface area (Å²) >= 11 is 0. The van der Waals surface area contributed by atoms with Crippen LogP contribution in [0.5, 0.6) is 0 Å². The van der Waals surface area contributed by atoms with E-state index < -0.39 is 96.9 Å². The van der Waals surface area contributed by atoms with E-state index in [4.69, 9.17) is 4.74 Å². The minimum Gasteiger partial charge on any atom is -0.481 e. The first kappa shape index (κ1) is 47.8. The Morgan fingerprint density at radius 2 is 1.51 bits per heavy atom. The van der Waals surface area contributed by atoms with Crippen molar-refractivity contribution in [3.05, 3.63) is 59.7 Å². The molecule has 324 valence electrons. The predicted molar refractivity (Wildman–Crippen MR) is 218 cm³/mol. The second-order valence-corrected chi connectivity index (χ2v) is 15.6. The van der Waals surface area contributed by atoms with Crippen LogP contribution in [0, 0.1) is 18.8 Å².